The van der Waals surface area contributed by atoms with Crippen LogP contribution in [-0.2, 0) is 7.05 Å². The Hall–Kier alpha value is -3.39. The molecule has 3 aromatic heterocycles. The number of carbonyl (C=O) groups is 2. The molecule has 7 nitrogen and oxygen atoms in total. The molecule has 1 fully saturated rings. The number of likely N-dealkylation sites (tertiary alicyclic amines) is 1. The molecule has 1 N–H and O–H groups in total. The molecule has 8 heteroatoms. The number of thiophene rings is 1. The van der Waals surface area contributed by atoms with Crippen LogP contribution >= 0.6 is 11.3 Å². The second-order valence-electron chi connectivity index (χ2n) is 7.66. The zero-order valence-electron chi connectivity index (χ0n) is 17.6. The summed E-state index contributed by atoms with van der Waals surface area (Å²) in [6.45, 7) is 3.57. The maximum atomic E-state index is 12.6. The van der Waals surface area contributed by atoms with Crippen molar-refractivity contribution in [3.8, 4) is 11.5 Å². The highest BCUT2D eigenvalue weighted by molar-refractivity contribution is 7.21. The molecule has 0 aliphatic carbocycles. The second kappa shape index (κ2) is 7.39. The Morgan fingerprint density at radius 2 is 2.00 bits per heavy atom. The summed E-state index contributed by atoms with van der Waals surface area (Å²) in [4.78, 5) is 31.9. The number of hydrogen-bond donors (Lipinski definition) is 1. The lowest BCUT2D eigenvalue weighted by Gasteiger charge is -2.30. The molecule has 0 saturated carbocycles. The summed E-state index contributed by atoms with van der Waals surface area (Å²) in [7, 11) is 3.57. The lowest BCUT2D eigenvalue weighted by Crippen LogP contribution is -2.41. The van der Waals surface area contributed by atoms with Gasteiger partial charge in [0, 0.05) is 56.6 Å². The van der Waals surface area contributed by atoms with E-state index in [4.69, 9.17) is 4.74 Å². The minimum Gasteiger partial charge on any atom is -0.456 e. The van der Waals surface area contributed by atoms with E-state index in [0.717, 1.165) is 46.3 Å². The van der Waals surface area contributed by atoms with Gasteiger partial charge in [-0.25, -0.2) is 0 Å². The van der Waals surface area contributed by atoms with E-state index in [1.165, 1.54) is 11.3 Å². The summed E-state index contributed by atoms with van der Waals surface area (Å²) in [5.74, 6) is 1.27. The molecule has 158 valence electrons. The highest BCUT2D eigenvalue weighted by atomic mass is 32.1. The van der Waals surface area contributed by atoms with Crippen molar-refractivity contribution in [2.45, 2.75) is 13.3 Å². The summed E-state index contributed by atoms with van der Waals surface area (Å²) in [5, 5.41) is 3.59. The Labute approximate surface area is 183 Å². The van der Waals surface area contributed by atoms with Crippen LogP contribution in [0.2, 0.25) is 0 Å². The van der Waals surface area contributed by atoms with Gasteiger partial charge in [0.05, 0.1) is 26.2 Å². The van der Waals surface area contributed by atoms with Crippen LogP contribution < -0.4 is 10.1 Å². The number of carbonyl (C=O) groups excluding carboxylic acids is 2. The van der Waals surface area contributed by atoms with Crippen molar-refractivity contribution >= 4 is 44.3 Å². The molecule has 1 aromatic carbocycles. The number of benzene rings is 1. The number of amides is 2. The third kappa shape index (κ3) is 3.14. The molecule has 2 amide bonds. The minimum atomic E-state index is -0.106. The van der Waals surface area contributed by atoms with Crippen molar-refractivity contribution in [3.05, 3.63) is 52.7 Å². The Bertz CT molecular complexity index is 1350. The van der Waals surface area contributed by atoms with Gasteiger partial charge in [0.15, 0.2) is 0 Å². The molecule has 0 atom stereocenters. The molecule has 0 bridgehead atoms. The molecule has 1 saturated heterocycles. The van der Waals surface area contributed by atoms with Crippen molar-refractivity contribution in [3.63, 3.8) is 0 Å². The Balaban J connectivity index is 1.52. The average Bonchev–Trinajstić information content (AvgIpc) is 3.27. The van der Waals surface area contributed by atoms with Crippen molar-refractivity contribution in [1.29, 1.82) is 0 Å². The summed E-state index contributed by atoms with van der Waals surface area (Å²) in [6.07, 6.45) is 2.75. The van der Waals surface area contributed by atoms with E-state index in [0.29, 0.717) is 21.9 Å². The zero-order chi connectivity index (χ0) is 21.7. The molecule has 5 rings (SSSR count). The van der Waals surface area contributed by atoms with Gasteiger partial charge in [0.25, 0.3) is 11.8 Å². The number of nitrogens with one attached hydrogen (secondary N) is 1. The molecule has 0 unspecified atom stereocenters. The predicted molar refractivity (Wildman–Crippen MR) is 121 cm³/mol. The van der Waals surface area contributed by atoms with Crippen LogP contribution in [0.25, 0.3) is 21.1 Å². The topological polar surface area (TPSA) is 76.5 Å². The maximum absolute atomic E-state index is 12.6. The van der Waals surface area contributed by atoms with Crippen molar-refractivity contribution in [2.24, 2.45) is 7.05 Å². The first-order valence-electron chi connectivity index (χ1n) is 10.1. The van der Waals surface area contributed by atoms with Gasteiger partial charge in [-0.2, -0.15) is 0 Å². The molecule has 0 spiro atoms. The van der Waals surface area contributed by atoms with Crippen molar-refractivity contribution in [2.75, 3.05) is 20.1 Å². The average molecular weight is 435 g/mol. The Kier molecular flexibility index (Phi) is 4.66. The summed E-state index contributed by atoms with van der Waals surface area (Å²) in [6, 6.07) is 9.36. The molecule has 4 heterocycles. The highest BCUT2D eigenvalue weighted by Gasteiger charge is 2.24. The first-order chi connectivity index (χ1) is 15.0. The molecule has 31 heavy (non-hydrogen) atoms. The summed E-state index contributed by atoms with van der Waals surface area (Å²) < 4.78 is 9.05. The number of hydrogen-bond acceptors (Lipinski definition) is 5. The van der Waals surface area contributed by atoms with E-state index < -0.39 is 0 Å². The molecule has 1 aliphatic rings. The highest BCUT2D eigenvalue weighted by Crippen LogP contribution is 2.37. The standard InChI is InChI=1S/C23H22N4O3S/c1-13-20(22(28)24-2)15-6-5-14(11-17(15)26(13)3)30-18-7-8-25-16-12-19(31-21(16)18)23(29)27-9-4-10-27/h5-8,11-12H,4,9-10H2,1-3H3,(H,24,28). The first kappa shape index (κ1) is 19.6. The second-order valence-corrected chi connectivity index (χ2v) is 8.71. The lowest BCUT2D eigenvalue weighted by molar-refractivity contribution is 0.0657. The fourth-order valence-electron chi connectivity index (χ4n) is 3.92. The first-order valence-corrected chi connectivity index (χ1v) is 11.0. The van der Waals surface area contributed by atoms with Gasteiger partial charge in [0.2, 0.25) is 0 Å². The van der Waals surface area contributed by atoms with Gasteiger partial charge in [-0.05, 0) is 31.5 Å². The third-order valence-electron chi connectivity index (χ3n) is 5.88. The Morgan fingerprint density at radius 1 is 1.19 bits per heavy atom. The smallest absolute Gasteiger partial charge is 0.264 e. The monoisotopic (exact) mass is 434 g/mol. The van der Waals surface area contributed by atoms with Crippen LogP contribution in [-0.4, -0.2) is 46.4 Å². The fraction of sp³-hybridized carbons (Fsp3) is 0.261. The summed E-state index contributed by atoms with van der Waals surface area (Å²) in [5.41, 5.74) is 3.23. The number of ether oxygens (including phenoxy) is 1. The van der Waals surface area contributed by atoms with Gasteiger partial charge < -0.3 is 19.5 Å². The minimum absolute atomic E-state index is 0.0580. The number of rotatable bonds is 4. The van der Waals surface area contributed by atoms with Crippen LogP contribution in [0.15, 0.2) is 36.5 Å². The number of nitrogens with zero attached hydrogens (tertiary/aromatic N) is 3. The van der Waals surface area contributed by atoms with E-state index in [-0.39, 0.29) is 11.8 Å². The van der Waals surface area contributed by atoms with E-state index >= 15 is 0 Å². The molecule has 1 aliphatic heterocycles. The van der Waals surface area contributed by atoms with Crippen LogP contribution in [0.5, 0.6) is 11.5 Å². The van der Waals surface area contributed by atoms with Gasteiger partial charge >= 0.3 is 0 Å². The predicted octanol–water partition coefficient (Wildman–Crippen LogP) is 4.09. The summed E-state index contributed by atoms with van der Waals surface area (Å²) >= 11 is 1.41. The van der Waals surface area contributed by atoms with Gasteiger partial charge in [-0.1, -0.05) is 0 Å². The molecular formula is C23H22N4O3S. The maximum Gasteiger partial charge on any atom is 0.264 e. The fourth-order valence-corrected chi connectivity index (χ4v) is 4.95. The van der Waals surface area contributed by atoms with Crippen LogP contribution in [0, 0.1) is 6.92 Å². The zero-order valence-corrected chi connectivity index (χ0v) is 18.4. The van der Waals surface area contributed by atoms with Crippen LogP contribution in [0.3, 0.4) is 0 Å². The number of pyridine rings is 1. The van der Waals surface area contributed by atoms with E-state index in [1.807, 2.05) is 53.8 Å². The number of fused-ring (bicyclic) bond motifs is 2. The van der Waals surface area contributed by atoms with Crippen LogP contribution in [0.4, 0.5) is 0 Å². The van der Waals surface area contributed by atoms with E-state index in [9.17, 15) is 9.59 Å². The normalized spacial score (nSPS) is 13.5. The quantitative estimate of drug-likeness (QED) is 0.525. The number of aromatic nitrogens is 2. The number of aryl methyl sites for hydroxylation is 1. The SMILES string of the molecule is CNC(=O)c1c(C)n(C)c2cc(Oc3ccnc4cc(C(=O)N5CCC5)sc34)ccc12. The van der Waals surface area contributed by atoms with Crippen molar-refractivity contribution < 1.29 is 14.3 Å². The van der Waals surface area contributed by atoms with Gasteiger partial charge in [0.1, 0.15) is 11.5 Å². The lowest BCUT2D eigenvalue weighted by atomic mass is 10.1. The molecular weight excluding hydrogens is 412 g/mol. The third-order valence-corrected chi connectivity index (χ3v) is 7.00. The van der Waals surface area contributed by atoms with Crippen molar-refractivity contribution in [1.82, 2.24) is 19.8 Å². The molecule has 4 aromatic rings. The van der Waals surface area contributed by atoms with Gasteiger partial charge in [-0.15, -0.1) is 11.3 Å². The molecule has 0 radical (unpaired) electrons. The van der Waals surface area contributed by atoms with Gasteiger partial charge in [-0.3, -0.25) is 14.6 Å². The largest absolute Gasteiger partial charge is 0.456 e. The van der Waals surface area contributed by atoms with Crippen LogP contribution in [0.1, 0.15) is 32.1 Å². The van der Waals surface area contributed by atoms with E-state index in [1.54, 1.807) is 13.2 Å². The Morgan fingerprint density at radius 3 is 2.71 bits per heavy atom. The van der Waals surface area contributed by atoms with E-state index in [2.05, 4.69) is 10.3 Å².